The van der Waals surface area contributed by atoms with Crippen LogP contribution in [-0.4, -0.2) is 11.7 Å². The van der Waals surface area contributed by atoms with Gasteiger partial charge in [0.05, 0.1) is 22.3 Å². The van der Waals surface area contributed by atoms with Gasteiger partial charge in [0.2, 0.25) is 0 Å². The highest BCUT2D eigenvalue weighted by atomic mass is 35.5. The molecular formula is C8H8Cl2N2O. The van der Waals surface area contributed by atoms with Gasteiger partial charge in [-0.25, -0.2) is 0 Å². The maximum atomic E-state index is 11.2. The van der Waals surface area contributed by atoms with Crippen molar-refractivity contribution in [2.75, 3.05) is 17.3 Å². The number of Topliss-reactive ketones (excluding diaryl/α,β-unsaturated/α-hetero) is 1. The standard InChI is InChI=1S/C8H8Cl2N2O/c9-3-6(13)4-1-2-5(11)8(12)7(4)10/h1-2H,3,11-12H2. The number of hydrogen-bond acceptors (Lipinski definition) is 3. The minimum atomic E-state index is -0.265. The molecule has 70 valence electrons. The first-order chi connectivity index (χ1) is 6.07. The first-order valence-corrected chi connectivity index (χ1v) is 4.41. The van der Waals surface area contributed by atoms with Gasteiger partial charge in [-0.05, 0) is 12.1 Å². The van der Waals surface area contributed by atoms with Crippen LogP contribution in [0.25, 0.3) is 0 Å². The zero-order valence-electron chi connectivity index (χ0n) is 6.68. The van der Waals surface area contributed by atoms with Crippen molar-refractivity contribution in [2.45, 2.75) is 0 Å². The number of alkyl halides is 1. The maximum absolute atomic E-state index is 11.2. The molecule has 0 amide bonds. The average Bonchev–Trinajstić information content (AvgIpc) is 2.13. The maximum Gasteiger partial charge on any atom is 0.179 e. The van der Waals surface area contributed by atoms with E-state index in [1.54, 1.807) is 0 Å². The second kappa shape index (κ2) is 3.85. The second-order valence-electron chi connectivity index (χ2n) is 2.49. The Labute approximate surface area is 85.6 Å². The molecule has 3 nitrogen and oxygen atoms in total. The van der Waals surface area contributed by atoms with Crippen LogP contribution in [0.15, 0.2) is 12.1 Å². The van der Waals surface area contributed by atoms with E-state index in [9.17, 15) is 4.79 Å². The zero-order chi connectivity index (χ0) is 10.0. The highest BCUT2D eigenvalue weighted by molar-refractivity contribution is 6.39. The molecule has 0 aromatic heterocycles. The number of nitrogen functional groups attached to an aromatic ring is 2. The van der Waals surface area contributed by atoms with Crippen molar-refractivity contribution in [3.8, 4) is 0 Å². The van der Waals surface area contributed by atoms with Crippen LogP contribution in [0, 0.1) is 0 Å². The lowest BCUT2D eigenvalue weighted by Gasteiger charge is -2.06. The van der Waals surface area contributed by atoms with Crippen LogP contribution in [0.2, 0.25) is 5.02 Å². The van der Waals surface area contributed by atoms with E-state index in [1.807, 2.05) is 0 Å². The van der Waals surface area contributed by atoms with Crippen LogP contribution in [0.4, 0.5) is 11.4 Å². The van der Waals surface area contributed by atoms with E-state index in [1.165, 1.54) is 12.1 Å². The summed E-state index contributed by atoms with van der Waals surface area (Å²) in [7, 11) is 0. The number of carbonyl (C=O) groups is 1. The molecule has 1 aromatic rings. The van der Waals surface area contributed by atoms with E-state index in [0.717, 1.165) is 0 Å². The second-order valence-corrected chi connectivity index (χ2v) is 3.13. The van der Waals surface area contributed by atoms with Crippen LogP contribution in [0.1, 0.15) is 10.4 Å². The van der Waals surface area contributed by atoms with Crippen LogP contribution >= 0.6 is 23.2 Å². The van der Waals surface area contributed by atoms with Crippen LogP contribution in [0.5, 0.6) is 0 Å². The normalized spacial score (nSPS) is 10.0. The molecule has 0 atom stereocenters. The predicted octanol–water partition coefficient (Wildman–Crippen LogP) is 1.93. The minimum absolute atomic E-state index is 0.122. The molecule has 0 spiro atoms. The van der Waals surface area contributed by atoms with Crippen molar-refractivity contribution in [3.05, 3.63) is 22.7 Å². The van der Waals surface area contributed by atoms with Crippen LogP contribution in [0.3, 0.4) is 0 Å². The molecule has 5 heteroatoms. The lowest BCUT2D eigenvalue weighted by atomic mass is 10.1. The smallest absolute Gasteiger partial charge is 0.179 e. The number of ketones is 1. The van der Waals surface area contributed by atoms with E-state index in [2.05, 4.69) is 0 Å². The van der Waals surface area contributed by atoms with Crippen molar-refractivity contribution in [2.24, 2.45) is 0 Å². The molecule has 13 heavy (non-hydrogen) atoms. The average molecular weight is 219 g/mol. The SMILES string of the molecule is Nc1ccc(C(=O)CCl)c(Cl)c1N. The topological polar surface area (TPSA) is 69.1 Å². The molecule has 0 aliphatic heterocycles. The fourth-order valence-electron chi connectivity index (χ4n) is 0.895. The van der Waals surface area contributed by atoms with Crippen LogP contribution in [-0.2, 0) is 0 Å². The van der Waals surface area contributed by atoms with Crippen molar-refractivity contribution in [1.82, 2.24) is 0 Å². The summed E-state index contributed by atoms with van der Waals surface area (Å²) < 4.78 is 0. The summed E-state index contributed by atoms with van der Waals surface area (Å²) in [4.78, 5) is 11.2. The molecule has 0 saturated heterocycles. The van der Waals surface area contributed by atoms with Gasteiger partial charge in [0, 0.05) is 5.56 Å². The number of rotatable bonds is 2. The van der Waals surface area contributed by atoms with Gasteiger partial charge >= 0.3 is 0 Å². The summed E-state index contributed by atoms with van der Waals surface area (Å²) >= 11 is 11.2. The molecule has 0 aliphatic carbocycles. The Balaban J connectivity index is 3.26. The molecule has 0 aliphatic rings. The van der Waals surface area contributed by atoms with Crippen molar-refractivity contribution >= 4 is 40.4 Å². The first-order valence-electron chi connectivity index (χ1n) is 3.50. The highest BCUT2D eigenvalue weighted by Gasteiger charge is 2.12. The van der Waals surface area contributed by atoms with Gasteiger partial charge in [-0.15, -0.1) is 11.6 Å². The first kappa shape index (κ1) is 10.2. The molecule has 4 N–H and O–H groups in total. The van der Waals surface area contributed by atoms with Gasteiger partial charge in [0.25, 0.3) is 0 Å². The number of halogens is 2. The largest absolute Gasteiger partial charge is 0.397 e. The van der Waals surface area contributed by atoms with Crippen molar-refractivity contribution in [3.63, 3.8) is 0 Å². The molecule has 0 saturated carbocycles. The van der Waals surface area contributed by atoms with Gasteiger partial charge in [-0.1, -0.05) is 11.6 Å². The molecule has 0 unspecified atom stereocenters. The molecule has 0 fully saturated rings. The Morgan fingerprint density at radius 1 is 1.38 bits per heavy atom. The number of carbonyl (C=O) groups excluding carboxylic acids is 1. The Bertz CT molecular complexity index is 352. The molecular weight excluding hydrogens is 211 g/mol. The third kappa shape index (κ3) is 1.87. The Kier molecular flexibility index (Phi) is 3.01. The third-order valence-electron chi connectivity index (χ3n) is 1.64. The predicted molar refractivity (Wildman–Crippen MR) is 55.3 cm³/mol. The van der Waals surface area contributed by atoms with Crippen molar-refractivity contribution in [1.29, 1.82) is 0 Å². The summed E-state index contributed by atoms with van der Waals surface area (Å²) in [5, 5.41) is 0.172. The van der Waals surface area contributed by atoms with Gasteiger partial charge in [0.15, 0.2) is 5.78 Å². The van der Waals surface area contributed by atoms with E-state index < -0.39 is 0 Å². The molecule has 1 rings (SSSR count). The molecule has 0 radical (unpaired) electrons. The zero-order valence-corrected chi connectivity index (χ0v) is 8.19. The lowest BCUT2D eigenvalue weighted by Crippen LogP contribution is -2.05. The Morgan fingerprint density at radius 3 is 2.54 bits per heavy atom. The van der Waals surface area contributed by atoms with E-state index in [4.69, 9.17) is 34.7 Å². The van der Waals surface area contributed by atoms with E-state index >= 15 is 0 Å². The van der Waals surface area contributed by atoms with Gasteiger partial charge < -0.3 is 11.5 Å². The summed E-state index contributed by atoms with van der Waals surface area (Å²) in [5.41, 5.74) is 11.9. The number of benzene rings is 1. The summed E-state index contributed by atoms with van der Waals surface area (Å²) in [6.07, 6.45) is 0. The summed E-state index contributed by atoms with van der Waals surface area (Å²) in [6, 6.07) is 3.04. The number of anilines is 2. The van der Waals surface area contributed by atoms with Gasteiger partial charge in [-0.3, -0.25) is 4.79 Å². The summed E-state index contributed by atoms with van der Waals surface area (Å²) in [6.45, 7) is 0. The highest BCUT2D eigenvalue weighted by Crippen LogP contribution is 2.29. The van der Waals surface area contributed by atoms with E-state index in [-0.39, 0.29) is 22.4 Å². The summed E-state index contributed by atoms with van der Waals surface area (Å²) in [5.74, 6) is -0.387. The van der Waals surface area contributed by atoms with Crippen molar-refractivity contribution < 1.29 is 4.79 Å². The van der Waals surface area contributed by atoms with Crippen LogP contribution < -0.4 is 11.5 Å². The van der Waals surface area contributed by atoms with E-state index in [0.29, 0.717) is 11.3 Å². The van der Waals surface area contributed by atoms with Gasteiger partial charge in [-0.2, -0.15) is 0 Å². The Morgan fingerprint density at radius 2 is 2.00 bits per heavy atom. The third-order valence-corrected chi connectivity index (χ3v) is 2.29. The monoisotopic (exact) mass is 218 g/mol. The molecule has 0 heterocycles. The fraction of sp³-hybridized carbons (Fsp3) is 0.125. The number of hydrogen-bond donors (Lipinski definition) is 2. The molecule has 1 aromatic carbocycles. The quantitative estimate of drug-likeness (QED) is 0.453. The fourth-order valence-corrected chi connectivity index (χ4v) is 1.32. The van der Waals surface area contributed by atoms with Gasteiger partial charge in [0.1, 0.15) is 0 Å². The lowest BCUT2D eigenvalue weighted by molar-refractivity contribution is 0.102. The minimum Gasteiger partial charge on any atom is -0.397 e. The molecule has 0 bridgehead atoms. The Hall–Kier alpha value is -0.930. The number of nitrogens with two attached hydrogens (primary N) is 2.